The van der Waals surface area contributed by atoms with Crippen molar-refractivity contribution in [1.82, 2.24) is 10.0 Å². The molecule has 4 rings (SSSR count). The number of aryl methyl sites for hydroxylation is 2. The van der Waals surface area contributed by atoms with Crippen LogP contribution in [0.1, 0.15) is 70.6 Å². The highest BCUT2D eigenvalue weighted by molar-refractivity contribution is 6.02. The van der Waals surface area contributed by atoms with Crippen LogP contribution in [0.25, 0.3) is 10.9 Å². The zero-order chi connectivity index (χ0) is 26.1. The molecule has 0 aliphatic carbocycles. The molecule has 5 nitrogen and oxygen atoms in total. The van der Waals surface area contributed by atoms with Crippen LogP contribution in [0.15, 0.2) is 54.7 Å². The molecule has 1 fully saturated rings. The van der Waals surface area contributed by atoms with E-state index in [2.05, 4.69) is 75.1 Å². The normalized spacial score (nSPS) is 19.1. The highest BCUT2D eigenvalue weighted by atomic mass is 16.7. The Balaban J connectivity index is 1.66. The Hall–Kier alpha value is -2.76. The number of hydroxylamine groups is 2. The third-order valence-corrected chi connectivity index (χ3v) is 7.49. The maximum atomic E-state index is 14.0. The van der Waals surface area contributed by atoms with Gasteiger partial charge in [0.1, 0.15) is 0 Å². The summed E-state index contributed by atoms with van der Waals surface area (Å²) in [5.41, 5.74) is 4.07. The summed E-state index contributed by atoms with van der Waals surface area (Å²) in [5, 5.41) is 6.35. The van der Waals surface area contributed by atoms with E-state index in [-0.39, 0.29) is 23.6 Å². The number of hydrogen-bond acceptors (Lipinski definition) is 4. The number of nitrogens with one attached hydrogen (secondary N) is 1. The van der Waals surface area contributed by atoms with Crippen molar-refractivity contribution in [2.75, 3.05) is 11.9 Å². The van der Waals surface area contributed by atoms with Crippen LogP contribution in [0.4, 0.5) is 5.69 Å². The third-order valence-electron chi connectivity index (χ3n) is 7.49. The monoisotopic (exact) mass is 487 g/mol. The van der Waals surface area contributed by atoms with Gasteiger partial charge in [0.15, 0.2) is 0 Å². The number of piperidine rings is 1. The molecule has 1 N–H and O–H groups in total. The third kappa shape index (κ3) is 5.63. The van der Waals surface area contributed by atoms with Crippen molar-refractivity contribution in [3.8, 4) is 0 Å². The molecule has 2 aromatic carbocycles. The van der Waals surface area contributed by atoms with Gasteiger partial charge in [-0.2, -0.15) is 5.06 Å². The molecule has 0 spiro atoms. The molecule has 3 aromatic rings. The number of para-hydroxylation sites is 1. The maximum Gasteiger partial charge on any atom is 0.233 e. The summed E-state index contributed by atoms with van der Waals surface area (Å²) in [5.74, 6) is -0.0626. The zero-order valence-electron chi connectivity index (χ0n) is 22.9. The molecule has 1 aliphatic heterocycles. The summed E-state index contributed by atoms with van der Waals surface area (Å²) in [6.07, 6.45) is 5.65. The van der Waals surface area contributed by atoms with Crippen LogP contribution in [0.2, 0.25) is 0 Å². The van der Waals surface area contributed by atoms with Crippen LogP contribution >= 0.6 is 0 Å². The van der Waals surface area contributed by atoms with E-state index in [0.29, 0.717) is 6.42 Å². The number of pyridine rings is 1. The second kappa shape index (κ2) is 9.95. The highest BCUT2D eigenvalue weighted by Crippen LogP contribution is 2.39. The second-order valence-corrected chi connectivity index (χ2v) is 12.1. The Labute approximate surface area is 216 Å². The quantitative estimate of drug-likeness (QED) is 0.389. The van der Waals surface area contributed by atoms with E-state index in [1.54, 1.807) is 6.20 Å². The van der Waals surface area contributed by atoms with Gasteiger partial charge in [-0.1, -0.05) is 47.5 Å². The molecule has 5 heteroatoms. The lowest BCUT2D eigenvalue weighted by Crippen LogP contribution is -2.59. The van der Waals surface area contributed by atoms with Crippen molar-refractivity contribution in [3.63, 3.8) is 0 Å². The Morgan fingerprint density at radius 3 is 2.33 bits per heavy atom. The van der Waals surface area contributed by atoms with Crippen molar-refractivity contribution in [2.24, 2.45) is 5.41 Å². The van der Waals surface area contributed by atoms with Crippen LogP contribution in [-0.2, 0) is 16.1 Å². The average molecular weight is 488 g/mol. The van der Waals surface area contributed by atoms with Crippen LogP contribution < -0.4 is 5.32 Å². The van der Waals surface area contributed by atoms with E-state index in [0.717, 1.165) is 35.0 Å². The van der Waals surface area contributed by atoms with Crippen LogP contribution in [0, 0.1) is 19.3 Å². The van der Waals surface area contributed by atoms with Crippen molar-refractivity contribution < 1.29 is 9.63 Å². The Morgan fingerprint density at radius 1 is 1.03 bits per heavy atom. The van der Waals surface area contributed by atoms with Gasteiger partial charge in [0.05, 0.1) is 23.2 Å². The largest absolute Gasteiger partial charge is 0.324 e. The molecule has 1 unspecified atom stereocenters. The Kier molecular flexibility index (Phi) is 7.27. The zero-order valence-corrected chi connectivity index (χ0v) is 22.9. The van der Waals surface area contributed by atoms with E-state index in [1.165, 1.54) is 17.5 Å². The lowest BCUT2D eigenvalue weighted by Gasteiger charge is -2.52. The first kappa shape index (κ1) is 26.3. The van der Waals surface area contributed by atoms with Gasteiger partial charge in [0.25, 0.3) is 0 Å². The molecule has 192 valence electrons. The summed E-state index contributed by atoms with van der Waals surface area (Å²) in [6.45, 7) is 15.4. The Morgan fingerprint density at radius 2 is 1.67 bits per heavy atom. The van der Waals surface area contributed by atoms with E-state index in [1.807, 2.05) is 37.3 Å². The van der Waals surface area contributed by atoms with Gasteiger partial charge in [-0.3, -0.25) is 14.6 Å². The molecule has 0 saturated carbocycles. The number of benzene rings is 2. The molecule has 0 bridgehead atoms. The number of aromatic nitrogens is 1. The smallest absolute Gasteiger partial charge is 0.233 e. The number of rotatable bonds is 7. The van der Waals surface area contributed by atoms with Gasteiger partial charge in [0, 0.05) is 22.7 Å². The first-order valence-corrected chi connectivity index (χ1v) is 13.1. The van der Waals surface area contributed by atoms with Crippen LogP contribution in [0.5, 0.6) is 0 Å². The van der Waals surface area contributed by atoms with Crippen molar-refractivity contribution >= 4 is 22.5 Å². The number of fused-ring (bicyclic) bond motifs is 1. The minimum Gasteiger partial charge on any atom is -0.324 e. The minimum atomic E-state index is -0.791. The fraction of sp³-hybridized carbons (Fsp3) is 0.484. The molecule has 1 saturated heterocycles. The molecule has 1 aliphatic rings. The first-order valence-electron chi connectivity index (χ1n) is 13.1. The summed E-state index contributed by atoms with van der Waals surface area (Å²) in [6, 6.07) is 16.3. The molecule has 1 aromatic heterocycles. The number of nitrogens with zero attached hydrogens (tertiary/aromatic N) is 2. The van der Waals surface area contributed by atoms with E-state index in [4.69, 9.17) is 4.84 Å². The SMILES string of the molecule is Cc1cc(C)cc(CC(C)(CON2C(C)(C)CCCC2(C)C)C(=O)Nc2cccc3cccnc23)c1. The van der Waals surface area contributed by atoms with Gasteiger partial charge in [0.2, 0.25) is 5.91 Å². The Bertz CT molecular complexity index is 1210. The maximum absolute atomic E-state index is 14.0. The number of carbonyl (C=O) groups excluding carboxylic acids is 1. The number of hydrogen-bond donors (Lipinski definition) is 1. The number of carbonyl (C=O) groups is 1. The highest BCUT2D eigenvalue weighted by Gasteiger charge is 2.44. The molecule has 1 amide bonds. The molecular weight excluding hydrogens is 446 g/mol. The fourth-order valence-corrected chi connectivity index (χ4v) is 5.83. The lowest BCUT2D eigenvalue weighted by atomic mass is 9.81. The standard InChI is InChI=1S/C31H41N3O2/c1-22-17-23(2)19-24(18-22)20-31(7,21-36-34-29(3,4)14-10-15-30(34,5)6)28(35)33-26-13-8-11-25-12-9-16-32-27(25)26/h8-9,11-13,16-19H,10,14-15,20-21H2,1-7H3,(H,33,35). The van der Waals surface area contributed by atoms with Gasteiger partial charge in [-0.15, -0.1) is 0 Å². The van der Waals surface area contributed by atoms with Gasteiger partial charge in [-0.05, 0) is 91.8 Å². The minimum absolute atomic E-state index is 0.0626. The average Bonchev–Trinajstić information content (AvgIpc) is 2.77. The van der Waals surface area contributed by atoms with Crippen molar-refractivity contribution in [3.05, 3.63) is 71.4 Å². The van der Waals surface area contributed by atoms with E-state index >= 15 is 0 Å². The van der Waals surface area contributed by atoms with E-state index < -0.39 is 5.41 Å². The van der Waals surface area contributed by atoms with Crippen molar-refractivity contribution in [1.29, 1.82) is 0 Å². The predicted molar refractivity (Wildman–Crippen MR) is 148 cm³/mol. The number of amides is 1. The summed E-state index contributed by atoms with van der Waals surface area (Å²) >= 11 is 0. The second-order valence-electron chi connectivity index (χ2n) is 12.1. The lowest BCUT2D eigenvalue weighted by molar-refractivity contribution is -0.290. The predicted octanol–water partition coefficient (Wildman–Crippen LogP) is 7.01. The number of anilines is 1. The topological polar surface area (TPSA) is 54.5 Å². The van der Waals surface area contributed by atoms with E-state index in [9.17, 15) is 4.79 Å². The molecular formula is C31H41N3O2. The molecule has 2 heterocycles. The van der Waals surface area contributed by atoms with Crippen molar-refractivity contribution in [2.45, 2.75) is 85.2 Å². The summed E-state index contributed by atoms with van der Waals surface area (Å²) in [7, 11) is 0. The van der Waals surface area contributed by atoms with Gasteiger partial charge >= 0.3 is 0 Å². The summed E-state index contributed by atoms with van der Waals surface area (Å²) in [4.78, 5) is 25.2. The van der Waals surface area contributed by atoms with Crippen LogP contribution in [-0.4, -0.2) is 33.6 Å². The van der Waals surface area contributed by atoms with Gasteiger partial charge in [-0.25, -0.2) is 0 Å². The fourth-order valence-electron chi connectivity index (χ4n) is 5.83. The van der Waals surface area contributed by atoms with Gasteiger partial charge < -0.3 is 5.32 Å². The molecule has 0 radical (unpaired) electrons. The summed E-state index contributed by atoms with van der Waals surface area (Å²) < 4.78 is 0. The molecule has 1 atom stereocenters. The molecule has 36 heavy (non-hydrogen) atoms. The first-order chi connectivity index (χ1) is 16.9. The van der Waals surface area contributed by atoms with Crippen LogP contribution in [0.3, 0.4) is 0 Å².